The Hall–Kier alpha value is -2.28. The molecule has 1 aliphatic rings. The third-order valence-electron chi connectivity index (χ3n) is 5.55. The molecule has 0 saturated heterocycles. The first-order chi connectivity index (χ1) is 14.9. The Bertz CT molecular complexity index is 926. The number of benzene rings is 2. The highest BCUT2D eigenvalue weighted by Crippen LogP contribution is 2.41. The molecule has 1 heterocycles. The quantitative estimate of drug-likeness (QED) is 0.564. The number of rotatable bonds is 7. The molecule has 0 fully saturated rings. The van der Waals surface area contributed by atoms with Crippen LogP contribution >= 0.6 is 24.0 Å². The van der Waals surface area contributed by atoms with Crippen molar-refractivity contribution in [2.75, 3.05) is 45.6 Å². The summed E-state index contributed by atoms with van der Waals surface area (Å²) in [6, 6.07) is 13.8. The van der Waals surface area contributed by atoms with Crippen molar-refractivity contribution in [3.63, 3.8) is 0 Å². The molecule has 6 nitrogen and oxygen atoms in total. The van der Waals surface area contributed by atoms with Gasteiger partial charge in [0, 0.05) is 49.2 Å². The fourth-order valence-electron chi connectivity index (χ4n) is 3.84. The number of nitrogens with zero attached hydrogens (tertiary/aromatic N) is 3. The van der Waals surface area contributed by atoms with Gasteiger partial charge in [0.15, 0.2) is 0 Å². The van der Waals surface area contributed by atoms with Crippen LogP contribution in [0.3, 0.4) is 0 Å². The highest BCUT2D eigenvalue weighted by atomic mass is 35.5. The van der Waals surface area contributed by atoms with E-state index in [1.165, 1.54) is 5.56 Å². The van der Waals surface area contributed by atoms with Gasteiger partial charge in [-0.05, 0) is 69.4 Å². The van der Waals surface area contributed by atoms with Crippen molar-refractivity contribution in [2.24, 2.45) is 4.99 Å². The van der Waals surface area contributed by atoms with Crippen LogP contribution in [-0.2, 0) is 0 Å². The van der Waals surface area contributed by atoms with Gasteiger partial charge in [-0.2, -0.15) is 0 Å². The standard InChI is InChI=1S/C24H32ClN5O.ClH/c1-5-30(6-2)23-16-20(21-15-18(25)9-12-22(21)28-23)17-7-10-19(11-8-17)27-24(31)26-13-14-29(3)4;/h7-12,15,20H,5-6,13-14,16H2,1-4H3,(H2,26,27,31);1H. The number of halogens is 2. The molecule has 1 unspecified atom stereocenters. The zero-order valence-corrected chi connectivity index (χ0v) is 20.8. The molecule has 2 N–H and O–H groups in total. The maximum atomic E-state index is 12.1. The zero-order chi connectivity index (χ0) is 22.4. The molecule has 1 atom stereocenters. The number of likely N-dealkylation sites (N-methyl/N-ethyl adjacent to an activating group) is 1. The zero-order valence-electron chi connectivity index (χ0n) is 19.2. The lowest BCUT2D eigenvalue weighted by molar-refractivity contribution is 0.250. The summed E-state index contributed by atoms with van der Waals surface area (Å²) >= 11 is 6.31. The highest BCUT2D eigenvalue weighted by Gasteiger charge is 2.26. The number of anilines is 1. The summed E-state index contributed by atoms with van der Waals surface area (Å²) in [5.41, 5.74) is 4.07. The van der Waals surface area contributed by atoms with Gasteiger partial charge in [0.2, 0.25) is 0 Å². The van der Waals surface area contributed by atoms with Crippen molar-refractivity contribution in [1.82, 2.24) is 15.1 Å². The minimum absolute atomic E-state index is 0. The molecule has 0 aliphatic carbocycles. The smallest absolute Gasteiger partial charge is 0.319 e. The summed E-state index contributed by atoms with van der Waals surface area (Å²) < 4.78 is 0. The van der Waals surface area contributed by atoms with E-state index in [2.05, 4.69) is 41.5 Å². The third-order valence-corrected chi connectivity index (χ3v) is 5.78. The molecule has 0 aromatic heterocycles. The van der Waals surface area contributed by atoms with Crippen LogP contribution in [0.4, 0.5) is 16.2 Å². The molecule has 174 valence electrons. The summed E-state index contributed by atoms with van der Waals surface area (Å²) in [6.07, 6.45) is 0.826. The first-order valence-electron chi connectivity index (χ1n) is 10.8. The first kappa shape index (κ1) is 26.0. The summed E-state index contributed by atoms with van der Waals surface area (Å²) in [5.74, 6) is 1.28. The topological polar surface area (TPSA) is 60.0 Å². The van der Waals surface area contributed by atoms with E-state index in [0.29, 0.717) is 6.54 Å². The van der Waals surface area contributed by atoms with Gasteiger partial charge in [0.25, 0.3) is 0 Å². The fourth-order valence-corrected chi connectivity index (χ4v) is 4.02. The van der Waals surface area contributed by atoms with Crippen LogP contribution in [0.2, 0.25) is 5.02 Å². The number of hydrogen-bond acceptors (Lipinski definition) is 4. The van der Waals surface area contributed by atoms with Crippen LogP contribution < -0.4 is 10.6 Å². The van der Waals surface area contributed by atoms with Crippen LogP contribution in [0.1, 0.15) is 37.3 Å². The molecule has 0 bridgehead atoms. The molecule has 32 heavy (non-hydrogen) atoms. The highest BCUT2D eigenvalue weighted by molar-refractivity contribution is 6.30. The molecule has 3 rings (SSSR count). The van der Waals surface area contributed by atoms with E-state index in [4.69, 9.17) is 16.6 Å². The third kappa shape index (κ3) is 6.61. The summed E-state index contributed by atoms with van der Waals surface area (Å²) in [5, 5.41) is 6.48. The Kier molecular flexibility index (Phi) is 9.82. The van der Waals surface area contributed by atoms with Crippen molar-refractivity contribution in [1.29, 1.82) is 0 Å². The predicted octanol–water partition coefficient (Wildman–Crippen LogP) is 5.35. The van der Waals surface area contributed by atoms with Gasteiger partial charge < -0.3 is 20.4 Å². The van der Waals surface area contributed by atoms with Gasteiger partial charge in [-0.1, -0.05) is 23.7 Å². The van der Waals surface area contributed by atoms with Gasteiger partial charge in [-0.25, -0.2) is 9.79 Å². The number of nitrogens with one attached hydrogen (secondary N) is 2. The monoisotopic (exact) mass is 477 g/mol. The van der Waals surface area contributed by atoms with E-state index in [-0.39, 0.29) is 24.4 Å². The predicted molar refractivity (Wildman–Crippen MR) is 137 cm³/mol. The van der Waals surface area contributed by atoms with E-state index >= 15 is 0 Å². The van der Waals surface area contributed by atoms with E-state index < -0.39 is 0 Å². The molecule has 0 spiro atoms. The van der Waals surface area contributed by atoms with Gasteiger partial charge in [0.1, 0.15) is 5.84 Å². The maximum absolute atomic E-state index is 12.1. The second-order valence-corrected chi connectivity index (χ2v) is 8.40. The maximum Gasteiger partial charge on any atom is 0.319 e. The molecule has 1 aliphatic heterocycles. The lowest BCUT2D eigenvalue weighted by atomic mass is 9.85. The summed E-state index contributed by atoms with van der Waals surface area (Å²) in [4.78, 5) is 21.3. The summed E-state index contributed by atoms with van der Waals surface area (Å²) in [6.45, 7) is 7.56. The van der Waals surface area contributed by atoms with Gasteiger partial charge in [-0.15, -0.1) is 12.4 Å². The SMILES string of the molecule is CCN(CC)C1=Nc2ccc(Cl)cc2C(c2ccc(NC(=O)NCCN(C)C)cc2)C1.Cl. The van der Waals surface area contributed by atoms with Crippen molar-refractivity contribution in [3.8, 4) is 0 Å². The van der Waals surface area contributed by atoms with Gasteiger partial charge >= 0.3 is 6.03 Å². The Labute approximate surface area is 202 Å². The average Bonchev–Trinajstić information content (AvgIpc) is 2.74. The fraction of sp³-hybridized carbons (Fsp3) is 0.417. The summed E-state index contributed by atoms with van der Waals surface area (Å²) in [7, 11) is 3.95. The van der Waals surface area contributed by atoms with E-state index in [9.17, 15) is 4.79 Å². The largest absolute Gasteiger partial charge is 0.361 e. The molecule has 2 aromatic rings. The number of fused-ring (bicyclic) bond motifs is 1. The number of hydrogen-bond donors (Lipinski definition) is 2. The number of carbonyl (C=O) groups excluding carboxylic acids is 1. The number of aliphatic imine (C=N–C) groups is 1. The lowest BCUT2D eigenvalue weighted by Gasteiger charge is -2.31. The second kappa shape index (κ2) is 12.1. The Balaban J connectivity index is 0.00000363. The molecular formula is C24H33Cl2N5O. The van der Waals surface area contributed by atoms with Crippen LogP contribution in [-0.4, -0.2) is 61.9 Å². The van der Waals surface area contributed by atoms with E-state index in [0.717, 1.165) is 53.9 Å². The number of amidine groups is 1. The van der Waals surface area contributed by atoms with Gasteiger partial charge in [-0.3, -0.25) is 0 Å². The van der Waals surface area contributed by atoms with Gasteiger partial charge in [0.05, 0.1) is 5.69 Å². The van der Waals surface area contributed by atoms with Crippen molar-refractivity contribution >= 4 is 47.2 Å². The number of urea groups is 1. The van der Waals surface area contributed by atoms with Crippen LogP contribution in [0.5, 0.6) is 0 Å². The second-order valence-electron chi connectivity index (χ2n) is 7.97. The Morgan fingerprint density at radius 1 is 1.12 bits per heavy atom. The van der Waals surface area contributed by atoms with Crippen LogP contribution in [0.25, 0.3) is 0 Å². The molecule has 0 saturated carbocycles. The molecule has 8 heteroatoms. The van der Waals surface area contributed by atoms with E-state index in [1.54, 1.807) is 0 Å². The van der Waals surface area contributed by atoms with Crippen LogP contribution in [0, 0.1) is 0 Å². The van der Waals surface area contributed by atoms with Crippen molar-refractivity contribution < 1.29 is 4.79 Å². The normalized spacial score (nSPS) is 14.8. The molecule has 0 radical (unpaired) electrons. The Morgan fingerprint density at radius 3 is 2.44 bits per heavy atom. The average molecular weight is 478 g/mol. The van der Waals surface area contributed by atoms with Crippen molar-refractivity contribution in [3.05, 3.63) is 58.6 Å². The lowest BCUT2D eigenvalue weighted by Crippen LogP contribution is -2.34. The van der Waals surface area contributed by atoms with Crippen LogP contribution in [0.15, 0.2) is 47.5 Å². The minimum atomic E-state index is -0.194. The number of carbonyl (C=O) groups is 1. The number of amides is 2. The van der Waals surface area contributed by atoms with Crippen molar-refractivity contribution in [2.45, 2.75) is 26.2 Å². The Morgan fingerprint density at radius 2 is 1.81 bits per heavy atom. The molecular weight excluding hydrogens is 445 g/mol. The minimum Gasteiger partial charge on any atom is -0.361 e. The molecule has 2 aromatic carbocycles. The molecule has 2 amide bonds. The van der Waals surface area contributed by atoms with E-state index in [1.807, 2.05) is 49.3 Å². The first-order valence-corrected chi connectivity index (χ1v) is 11.2.